The summed E-state index contributed by atoms with van der Waals surface area (Å²) in [5.74, 6) is -0.683. The number of benzene rings is 2. The number of aliphatic hydroxyl groups excluding tert-OH is 1. The molecule has 4 rings (SSSR count). The lowest BCUT2D eigenvalue weighted by Crippen LogP contribution is -2.31. The van der Waals surface area contributed by atoms with Crippen molar-refractivity contribution in [1.29, 1.82) is 0 Å². The maximum atomic E-state index is 13.6. The summed E-state index contributed by atoms with van der Waals surface area (Å²) in [7, 11) is 0. The van der Waals surface area contributed by atoms with Crippen molar-refractivity contribution in [3.63, 3.8) is 0 Å². The second-order valence-corrected chi connectivity index (χ2v) is 7.26. The van der Waals surface area contributed by atoms with Gasteiger partial charge in [0, 0.05) is 12.0 Å². The molecule has 0 bridgehead atoms. The van der Waals surface area contributed by atoms with E-state index in [-0.39, 0.29) is 24.5 Å². The summed E-state index contributed by atoms with van der Waals surface area (Å²) in [5.41, 5.74) is 2.72. The highest BCUT2D eigenvalue weighted by Crippen LogP contribution is 2.34. The monoisotopic (exact) mass is 422 g/mol. The molecule has 2 heterocycles. The van der Waals surface area contributed by atoms with Gasteiger partial charge in [-0.05, 0) is 59.2 Å². The number of hydrogen-bond acceptors (Lipinski definition) is 4. The third-order valence-corrected chi connectivity index (χ3v) is 4.99. The Morgan fingerprint density at radius 1 is 0.968 bits per heavy atom. The molecular weight excluding hydrogens is 402 g/mol. The highest BCUT2D eigenvalue weighted by molar-refractivity contribution is 6.01. The lowest BCUT2D eigenvalue weighted by molar-refractivity contribution is -0.156. The Morgan fingerprint density at radius 3 is 2.10 bits per heavy atom. The maximum absolute atomic E-state index is 13.6. The molecule has 1 aliphatic rings. The zero-order valence-corrected chi connectivity index (χ0v) is 16.5. The first-order chi connectivity index (χ1) is 15.0. The van der Waals surface area contributed by atoms with Gasteiger partial charge < -0.3 is 14.3 Å². The SMILES string of the molecule is O=C1C[C@H](O)C[C@@H](/C=C/C(=C(c2ccc(F)cc2)c2ccc(F)cc2)c2ccco2)O1. The Hall–Kier alpha value is -3.51. The fraction of sp³-hybridized carbons (Fsp3) is 0.160. The fourth-order valence-electron chi connectivity index (χ4n) is 3.56. The minimum absolute atomic E-state index is 0.0262. The van der Waals surface area contributed by atoms with Crippen LogP contribution in [-0.2, 0) is 9.53 Å². The van der Waals surface area contributed by atoms with Gasteiger partial charge in [0.05, 0.1) is 18.8 Å². The Bertz CT molecular complexity index is 1050. The van der Waals surface area contributed by atoms with E-state index in [1.165, 1.54) is 30.5 Å². The number of carbonyl (C=O) groups is 1. The molecular formula is C25H20F2O4. The van der Waals surface area contributed by atoms with Gasteiger partial charge in [-0.2, -0.15) is 0 Å². The van der Waals surface area contributed by atoms with Crippen molar-refractivity contribution >= 4 is 17.1 Å². The van der Waals surface area contributed by atoms with E-state index in [9.17, 15) is 18.7 Å². The highest BCUT2D eigenvalue weighted by atomic mass is 19.1. The molecule has 1 aromatic heterocycles. The second kappa shape index (κ2) is 9.10. The Labute approximate surface area is 178 Å². The molecule has 4 nitrogen and oxygen atoms in total. The number of hydrogen-bond donors (Lipinski definition) is 1. The molecule has 1 N–H and O–H groups in total. The van der Waals surface area contributed by atoms with Crippen LogP contribution in [0, 0.1) is 11.6 Å². The predicted octanol–water partition coefficient (Wildman–Crippen LogP) is 5.14. The molecule has 0 unspecified atom stereocenters. The topological polar surface area (TPSA) is 59.7 Å². The smallest absolute Gasteiger partial charge is 0.309 e. The molecule has 1 fully saturated rings. The van der Waals surface area contributed by atoms with Crippen LogP contribution in [0.25, 0.3) is 11.1 Å². The molecule has 2 aromatic carbocycles. The number of rotatable bonds is 5. The Kier molecular flexibility index (Phi) is 6.09. The first-order valence-corrected chi connectivity index (χ1v) is 9.85. The van der Waals surface area contributed by atoms with Crippen LogP contribution >= 0.6 is 0 Å². The van der Waals surface area contributed by atoms with Crippen LogP contribution in [0.15, 0.2) is 83.5 Å². The van der Waals surface area contributed by atoms with Crippen LogP contribution in [0.1, 0.15) is 29.7 Å². The van der Waals surface area contributed by atoms with Crippen molar-refractivity contribution in [2.24, 2.45) is 0 Å². The van der Waals surface area contributed by atoms with Crippen LogP contribution in [0.5, 0.6) is 0 Å². The molecule has 6 heteroatoms. The van der Waals surface area contributed by atoms with Crippen LogP contribution in [-0.4, -0.2) is 23.3 Å². The first kappa shape index (κ1) is 20.8. The van der Waals surface area contributed by atoms with Gasteiger partial charge in [0.25, 0.3) is 0 Å². The third-order valence-electron chi connectivity index (χ3n) is 4.99. The normalized spacial score (nSPS) is 18.7. The molecule has 158 valence electrons. The summed E-state index contributed by atoms with van der Waals surface area (Å²) in [6.07, 6.45) is 3.87. The van der Waals surface area contributed by atoms with Gasteiger partial charge in [-0.15, -0.1) is 0 Å². The van der Waals surface area contributed by atoms with E-state index < -0.39 is 18.2 Å². The van der Waals surface area contributed by atoms with Gasteiger partial charge in [0.2, 0.25) is 0 Å². The summed E-state index contributed by atoms with van der Waals surface area (Å²) in [6, 6.07) is 15.4. The summed E-state index contributed by atoms with van der Waals surface area (Å²) < 4.78 is 38.1. The van der Waals surface area contributed by atoms with Gasteiger partial charge >= 0.3 is 5.97 Å². The number of cyclic esters (lactones) is 1. The molecule has 31 heavy (non-hydrogen) atoms. The largest absolute Gasteiger partial charge is 0.464 e. The molecule has 0 radical (unpaired) electrons. The molecule has 1 aliphatic heterocycles. The minimum atomic E-state index is -0.763. The molecule has 3 aromatic rings. The van der Waals surface area contributed by atoms with Crippen LogP contribution in [0.3, 0.4) is 0 Å². The van der Waals surface area contributed by atoms with Crippen molar-refractivity contribution in [2.75, 3.05) is 0 Å². The number of ether oxygens (including phenoxy) is 1. The number of carbonyl (C=O) groups excluding carboxylic acids is 1. The summed E-state index contributed by atoms with van der Waals surface area (Å²) in [4.78, 5) is 11.7. The van der Waals surface area contributed by atoms with E-state index in [4.69, 9.17) is 9.15 Å². The molecule has 0 amide bonds. The first-order valence-electron chi connectivity index (χ1n) is 9.85. The van der Waals surface area contributed by atoms with Crippen molar-refractivity contribution < 1.29 is 27.8 Å². The number of allylic oxidation sites excluding steroid dienone is 2. The second-order valence-electron chi connectivity index (χ2n) is 7.26. The van der Waals surface area contributed by atoms with Gasteiger partial charge in [-0.25, -0.2) is 8.78 Å². The number of halogens is 2. The van der Waals surface area contributed by atoms with Crippen molar-refractivity contribution in [3.8, 4) is 0 Å². The molecule has 1 saturated heterocycles. The minimum Gasteiger partial charge on any atom is -0.464 e. The van der Waals surface area contributed by atoms with E-state index in [0.29, 0.717) is 28.0 Å². The lowest BCUT2D eigenvalue weighted by Gasteiger charge is -2.23. The third kappa shape index (κ3) is 4.98. The van der Waals surface area contributed by atoms with E-state index in [1.54, 1.807) is 48.6 Å². The van der Waals surface area contributed by atoms with Crippen molar-refractivity contribution in [1.82, 2.24) is 0 Å². The fourth-order valence-corrected chi connectivity index (χ4v) is 3.56. The quantitative estimate of drug-likeness (QED) is 0.457. The Morgan fingerprint density at radius 2 is 1.58 bits per heavy atom. The number of aliphatic hydroxyl groups is 1. The van der Waals surface area contributed by atoms with Gasteiger partial charge in [-0.3, -0.25) is 4.79 Å². The summed E-state index contributed by atoms with van der Waals surface area (Å²) in [6.45, 7) is 0. The average Bonchev–Trinajstić information content (AvgIpc) is 3.27. The molecule has 2 atom stereocenters. The van der Waals surface area contributed by atoms with Gasteiger partial charge in [0.1, 0.15) is 23.5 Å². The highest BCUT2D eigenvalue weighted by Gasteiger charge is 2.25. The molecule has 0 saturated carbocycles. The molecule has 0 aliphatic carbocycles. The van der Waals surface area contributed by atoms with Crippen LogP contribution in [0.4, 0.5) is 8.78 Å². The van der Waals surface area contributed by atoms with Crippen molar-refractivity contribution in [2.45, 2.75) is 25.0 Å². The summed E-state index contributed by atoms with van der Waals surface area (Å²) in [5, 5.41) is 9.88. The van der Waals surface area contributed by atoms with Gasteiger partial charge in [0.15, 0.2) is 0 Å². The Balaban J connectivity index is 1.86. The van der Waals surface area contributed by atoms with E-state index in [1.807, 2.05) is 0 Å². The van der Waals surface area contributed by atoms with Crippen molar-refractivity contribution in [3.05, 3.63) is 108 Å². The van der Waals surface area contributed by atoms with E-state index in [0.717, 1.165) is 0 Å². The van der Waals surface area contributed by atoms with Crippen LogP contribution < -0.4 is 0 Å². The van der Waals surface area contributed by atoms with E-state index in [2.05, 4.69) is 0 Å². The standard InChI is InChI=1S/C25H20F2O4/c26-18-7-3-16(4-8-18)25(17-5-9-19(27)10-6-17)22(23-2-1-13-30-23)12-11-21-14-20(28)15-24(29)31-21/h1-13,20-21,28H,14-15H2/b12-11+/t20-,21-/m1/s1. The maximum Gasteiger partial charge on any atom is 0.309 e. The predicted molar refractivity (Wildman–Crippen MR) is 112 cm³/mol. The number of furan rings is 1. The van der Waals surface area contributed by atoms with E-state index >= 15 is 0 Å². The molecule has 0 spiro atoms. The lowest BCUT2D eigenvalue weighted by atomic mass is 9.91. The summed E-state index contributed by atoms with van der Waals surface area (Å²) >= 11 is 0. The van der Waals surface area contributed by atoms with Gasteiger partial charge in [-0.1, -0.05) is 30.3 Å². The average molecular weight is 422 g/mol. The zero-order valence-electron chi connectivity index (χ0n) is 16.5. The number of esters is 1. The zero-order chi connectivity index (χ0) is 21.8. The van der Waals surface area contributed by atoms with Crippen LogP contribution in [0.2, 0.25) is 0 Å².